The van der Waals surface area contributed by atoms with Crippen molar-refractivity contribution in [3.05, 3.63) is 58.3 Å². The van der Waals surface area contributed by atoms with Crippen LogP contribution in [-0.4, -0.2) is 10.1 Å². The number of benzene rings is 1. The van der Waals surface area contributed by atoms with Gasteiger partial charge in [-0.3, -0.25) is 0 Å². The van der Waals surface area contributed by atoms with Crippen LogP contribution in [0.2, 0.25) is 5.02 Å². The molecule has 0 aliphatic carbocycles. The Morgan fingerprint density at radius 1 is 1.37 bits per heavy atom. The lowest BCUT2D eigenvalue weighted by Crippen LogP contribution is -2.23. The van der Waals surface area contributed by atoms with E-state index in [1.54, 1.807) is 18.5 Å². The molecule has 0 bridgehead atoms. The van der Waals surface area contributed by atoms with Gasteiger partial charge in [0.25, 0.3) is 0 Å². The average molecular weight is 299 g/mol. The van der Waals surface area contributed by atoms with Crippen molar-refractivity contribution in [3.8, 4) is 0 Å². The molecule has 0 radical (unpaired) electrons. The summed E-state index contributed by atoms with van der Waals surface area (Å²) in [6.45, 7) is 4.02. The Hall–Kier alpha value is -1.32. The van der Waals surface area contributed by atoms with E-state index in [9.17, 15) is 4.39 Å². The number of aryl methyl sites for hydroxylation is 1. The molecule has 2 nitrogen and oxygen atoms in total. The molecule has 0 amide bonds. The van der Waals surface area contributed by atoms with Crippen LogP contribution in [0.4, 0.5) is 4.39 Å². The van der Waals surface area contributed by atoms with E-state index in [0.717, 1.165) is 11.3 Å². The molecular weight excluding hydrogens is 286 g/mol. The fraction of sp³-hybridized carbons (Fsp3) is 0.214. The largest absolute Gasteiger partial charge is 0.340 e. The third-order valence-electron chi connectivity index (χ3n) is 2.94. The van der Waals surface area contributed by atoms with Crippen molar-refractivity contribution < 1.29 is 4.39 Å². The first-order valence-corrected chi connectivity index (χ1v) is 6.57. The van der Waals surface area contributed by atoms with Crippen molar-refractivity contribution in [3.63, 3.8) is 0 Å². The van der Waals surface area contributed by atoms with E-state index in [-0.39, 0.29) is 5.82 Å². The number of halogens is 3. The van der Waals surface area contributed by atoms with Gasteiger partial charge in [0.05, 0.1) is 17.3 Å². The van der Waals surface area contributed by atoms with Gasteiger partial charge in [-0.05, 0) is 25.5 Å². The van der Waals surface area contributed by atoms with Gasteiger partial charge in [0.15, 0.2) is 5.17 Å². The summed E-state index contributed by atoms with van der Waals surface area (Å²) in [6.07, 6.45) is 5.16. The summed E-state index contributed by atoms with van der Waals surface area (Å²) in [5.41, 5.74) is 2.04. The highest BCUT2D eigenvalue weighted by atomic mass is 35.5. The zero-order valence-electron chi connectivity index (χ0n) is 10.6. The second-order valence-corrected chi connectivity index (χ2v) is 4.91. The van der Waals surface area contributed by atoms with Crippen molar-refractivity contribution in [1.29, 1.82) is 0 Å². The lowest BCUT2D eigenvalue weighted by molar-refractivity contribution is 0.459. The average Bonchev–Trinajstić information content (AvgIpc) is 2.39. The highest BCUT2D eigenvalue weighted by Gasteiger charge is 2.18. The molecule has 1 aliphatic heterocycles. The molecule has 0 fully saturated rings. The van der Waals surface area contributed by atoms with Gasteiger partial charge in [-0.2, -0.15) is 0 Å². The van der Waals surface area contributed by atoms with Crippen LogP contribution in [0.25, 0.3) is 0 Å². The molecule has 1 aromatic carbocycles. The molecule has 19 heavy (non-hydrogen) atoms. The van der Waals surface area contributed by atoms with Gasteiger partial charge in [-0.25, -0.2) is 9.38 Å². The van der Waals surface area contributed by atoms with Gasteiger partial charge < -0.3 is 4.90 Å². The number of nitrogens with zero attached hydrogens (tertiary/aromatic N) is 2. The second kappa shape index (κ2) is 5.76. The van der Waals surface area contributed by atoms with E-state index >= 15 is 0 Å². The third-order valence-corrected chi connectivity index (χ3v) is 3.75. The maximum absolute atomic E-state index is 13.9. The van der Waals surface area contributed by atoms with E-state index < -0.39 is 0 Å². The monoisotopic (exact) mass is 298 g/mol. The lowest BCUT2D eigenvalue weighted by atomic mass is 10.1. The van der Waals surface area contributed by atoms with Crippen LogP contribution in [0.15, 0.2) is 41.3 Å². The van der Waals surface area contributed by atoms with Crippen molar-refractivity contribution in [2.75, 3.05) is 0 Å². The van der Waals surface area contributed by atoms with Crippen LogP contribution in [0, 0.1) is 12.7 Å². The SMILES string of the molecule is C/C=C1/C(Cl)=NC=CN1Cc1c(F)ccc(C)c1Cl. The van der Waals surface area contributed by atoms with Gasteiger partial charge in [0.1, 0.15) is 5.82 Å². The number of rotatable bonds is 2. The van der Waals surface area contributed by atoms with Crippen LogP contribution < -0.4 is 0 Å². The molecule has 1 aliphatic rings. The van der Waals surface area contributed by atoms with Crippen molar-refractivity contribution in [2.45, 2.75) is 20.4 Å². The summed E-state index contributed by atoms with van der Waals surface area (Å²) in [7, 11) is 0. The van der Waals surface area contributed by atoms with Gasteiger partial charge in [-0.1, -0.05) is 35.3 Å². The fourth-order valence-corrected chi connectivity index (χ4v) is 2.38. The molecule has 0 saturated heterocycles. The number of hydrogen-bond donors (Lipinski definition) is 0. The predicted molar refractivity (Wildman–Crippen MR) is 77.9 cm³/mol. The van der Waals surface area contributed by atoms with Crippen LogP contribution in [0.1, 0.15) is 18.1 Å². The number of hydrogen-bond acceptors (Lipinski definition) is 2. The standard InChI is InChI=1S/C14H13Cl2FN2/c1-3-12-14(16)18-6-7-19(12)8-10-11(17)5-4-9(2)13(10)15/h3-7H,8H2,1-2H3/b12-3-. The Morgan fingerprint density at radius 2 is 2.11 bits per heavy atom. The Kier molecular flexibility index (Phi) is 4.27. The van der Waals surface area contributed by atoms with Gasteiger partial charge >= 0.3 is 0 Å². The lowest BCUT2D eigenvalue weighted by Gasteiger charge is -2.25. The quantitative estimate of drug-likeness (QED) is 0.778. The fourth-order valence-electron chi connectivity index (χ4n) is 1.90. The van der Waals surface area contributed by atoms with E-state index in [4.69, 9.17) is 23.2 Å². The maximum atomic E-state index is 13.9. The highest BCUT2D eigenvalue weighted by Crippen LogP contribution is 2.27. The maximum Gasteiger partial charge on any atom is 0.152 e. The Bertz CT molecular complexity index is 591. The molecule has 100 valence electrons. The minimum Gasteiger partial charge on any atom is -0.340 e. The van der Waals surface area contributed by atoms with Crippen LogP contribution in [0.5, 0.6) is 0 Å². The summed E-state index contributed by atoms with van der Waals surface area (Å²) < 4.78 is 13.9. The minimum absolute atomic E-state index is 0.314. The van der Waals surface area contributed by atoms with Crippen molar-refractivity contribution in [1.82, 2.24) is 4.90 Å². The van der Waals surface area contributed by atoms with Crippen molar-refractivity contribution >= 4 is 28.4 Å². The zero-order valence-corrected chi connectivity index (χ0v) is 12.1. The predicted octanol–water partition coefficient (Wildman–Crippen LogP) is 4.62. The van der Waals surface area contributed by atoms with Crippen LogP contribution >= 0.6 is 23.2 Å². The molecule has 1 aromatic rings. The summed E-state index contributed by atoms with van der Waals surface area (Å²) in [4.78, 5) is 5.82. The molecule has 1 heterocycles. The molecule has 2 rings (SSSR count). The van der Waals surface area contributed by atoms with E-state index in [1.165, 1.54) is 6.07 Å². The first-order valence-electron chi connectivity index (χ1n) is 5.81. The number of aliphatic imine (C=N–C) groups is 1. The van der Waals surface area contributed by atoms with Crippen LogP contribution in [-0.2, 0) is 6.54 Å². The molecule has 0 atom stereocenters. The topological polar surface area (TPSA) is 15.6 Å². The molecule has 0 spiro atoms. The third kappa shape index (κ3) is 2.82. The second-order valence-electron chi connectivity index (χ2n) is 4.18. The molecule has 0 aromatic heterocycles. The Balaban J connectivity index is 2.35. The van der Waals surface area contributed by atoms with E-state index in [1.807, 2.05) is 24.8 Å². The minimum atomic E-state index is -0.321. The molecule has 5 heteroatoms. The highest BCUT2D eigenvalue weighted by molar-refractivity contribution is 6.69. The number of allylic oxidation sites excluding steroid dienone is 2. The van der Waals surface area contributed by atoms with Gasteiger partial charge in [-0.15, -0.1) is 0 Å². The summed E-state index contributed by atoms with van der Waals surface area (Å²) in [6, 6.07) is 3.09. The Labute approximate surface area is 121 Å². The summed E-state index contributed by atoms with van der Waals surface area (Å²) in [5, 5.41) is 0.830. The van der Waals surface area contributed by atoms with E-state index in [2.05, 4.69) is 4.99 Å². The zero-order chi connectivity index (χ0) is 14.0. The van der Waals surface area contributed by atoms with Crippen molar-refractivity contribution in [2.24, 2.45) is 4.99 Å². The molecule has 0 N–H and O–H groups in total. The summed E-state index contributed by atoms with van der Waals surface area (Å²) in [5.74, 6) is -0.321. The van der Waals surface area contributed by atoms with Gasteiger partial charge in [0.2, 0.25) is 0 Å². The first kappa shape index (κ1) is 14.1. The molecular formula is C14H13Cl2FN2. The smallest absolute Gasteiger partial charge is 0.152 e. The Morgan fingerprint density at radius 3 is 2.79 bits per heavy atom. The van der Waals surface area contributed by atoms with Gasteiger partial charge in [0, 0.05) is 18.0 Å². The first-order chi connectivity index (χ1) is 9.04. The normalized spacial score (nSPS) is 17.0. The molecule has 0 saturated carbocycles. The molecule has 0 unspecified atom stereocenters. The summed E-state index contributed by atoms with van der Waals surface area (Å²) >= 11 is 12.2. The van der Waals surface area contributed by atoms with E-state index in [0.29, 0.717) is 22.3 Å². The van der Waals surface area contributed by atoms with Crippen LogP contribution in [0.3, 0.4) is 0 Å².